The number of nitrogen functional groups attached to an aromatic ring is 1. The molecule has 0 aliphatic heterocycles. The van der Waals surface area contributed by atoms with Crippen LogP contribution in [0.3, 0.4) is 0 Å². The molecule has 1 heterocycles. The minimum atomic E-state index is -0.126. The largest absolute Gasteiger partial charge is 0.396 e. The molecule has 22 heavy (non-hydrogen) atoms. The molecule has 0 bridgehead atoms. The molecule has 0 atom stereocenters. The van der Waals surface area contributed by atoms with Gasteiger partial charge < -0.3 is 11.1 Å². The lowest BCUT2D eigenvalue weighted by atomic mass is 10.1. The summed E-state index contributed by atoms with van der Waals surface area (Å²) in [5.74, 6) is -0.126. The lowest BCUT2D eigenvalue weighted by Gasteiger charge is -2.11. The summed E-state index contributed by atoms with van der Waals surface area (Å²) in [7, 11) is 0. The van der Waals surface area contributed by atoms with Gasteiger partial charge in [-0.3, -0.25) is 4.79 Å². The van der Waals surface area contributed by atoms with Crippen LogP contribution in [-0.4, -0.2) is 11.8 Å². The predicted molar refractivity (Wildman–Crippen MR) is 89.2 cm³/mol. The first kappa shape index (κ1) is 14.6. The van der Waals surface area contributed by atoms with Gasteiger partial charge in [-0.05, 0) is 12.8 Å². The van der Waals surface area contributed by atoms with E-state index in [0.29, 0.717) is 27.7 Å². The van der Waals surface area contributed by atoms with E-state index in [0.717, 1.165) is 17.8 Å². The van der Waals surface area contributed by atoms with E-state index in [4.69, 9.17) is 5.73 Å². The number of benzene rings is 1. The van der Waals surface area contributed by atoms with Gasteiger partial charge in [0.25, 0.3) is 0 Å². The summed E-state index contributed by atoms with van der Waals surface area (Å²) in [6.45, 7) is 0. The molecular weight excluding hydrogens is 294 g/mol. The Morgan fingerprint density at radius 2 is 1.95 bits per heavy atom. The monoisotopic (exact) mass is 311 g/mol. The number of rotatable bonds is 4. The fraction of sp³-hybridized carbons (Fsp3) is 0.294. The number of nitriles is 1. The van der Waals surface area contributed by atoms with Crippen LogP contribution < -0.4 is 11.1 Å². The number of anilines is 2. The summed E-state index contributed by atoms with van der Waals surface area (Å²) < 4.78 is 0. The van der Waals surface area contributed by atoms with E-state index < -0.39 is 0 Å². The normalized spacial score (nSPS) is 14.7. The molecule has 5 heteroatoms. The molecule has 1 aromatic carbocycles. The number of carbonyl (C=O) groups excluding carboxylic acids is 1. The van der Waals surface area contributed by atoms with Crippen LogP contribution in [0.4, 0.5) is 10.7 Å². The molecular formula is C17H17N3OS. The van der Waals surface area contributed by atoms with Gasteiger partial charge in [-0.1, -0.05) is 43.2 Å². The Bertz CT molecular complexity index is 724. The van der Waals surface area contributed by atoms with Crippen molar-refractivity contribution in [2.75, 3.05) is 11.1 Å². The molecule has 0 radical (unpaired) electrons. The quantitative estimate of drug-likeness (QED) is 0.842. The molecule has 1 aromatic heterocycles. The van der Waals surface area contributed by atoms with Crippen LogP contribution >= 0.6 is 11.3 Å². The summed E-state index contributed by atoms with van der Waals surface area (Å²) in [5.41, 5.74) is 7.34. The first-order chi connectivity index (χ1) is 10.7. The maximum Gasteiger partial charge on any atom is 0.205 e. The van der Waals surface area contributed by atoms with Gasteiger partial charge in [0, 0.05) is 11.6 Å². The lowest BCUT2D eigenvalue weighted by Crippen LogP contribution is -2.14. The van der Waals surface area contributed by atoms with Gasteiger partial charge in [-0.2, -0.15) is 5.26 Å². The fourth-order valence-corrected chi connectivity index (χ4v) is 3.91. The van der Waals surface area contributed by atoms with E-state index in [2.05, 4.69) is 11.4 Å². The van der Waals surface area contributed by atoms with Crippen LogP contribution in [-0.2, 0) is 0 Å². The van der Waals surface area contributed by atoms with Gasteiger partial charge in [0.1, 0.15) is 21.5 Å². The van der Waals surface area contributed by atoms with E-state index in [-0.39, 0.29) is 5.78 Å². The second-order valence-corrected chi connectivity index (χ2v) is 6.50. The molecule has 0 unspecified atom stereocenters. The van der Waals surface area contributed by atoms with E-state index >= 15 is 0 Å². The van der Waals surface area contributed by atoms with Crippen LogP contribution in [0.1, 0.15) is 46.5 Å². The van der Waals surface area contributed by atoms with Gasteiger partial charge in [-0.15, -0.1) is 11.3 Å². The third-order valence-corrected chi connectivity index (χ3v) is 5.13. The molecule has 1 aliphatic carbocycles. The van der Waals surface area contributed by atoms with Crippen molar-refractivity contribution in [1.82, 2.24) is 0 Å². The molecule has 1 saturated carbocycles. The zero-order valence-corrected chi connectivity index (χ0v) is 13.0. The van der Waals surface area contributed by atoms with Crippen molar-refractivity contribution in [3.8, 4) is 6.07 Å². The highest BCUT2D eigenvalue weighted by molar-refractivity contribution is 7.19. The SMILES string of the molecule is N#Cc1c(NC2CCCC2)sc(C(=O)c2ccccc2)c1N. The highest BCUT2D eigenvalue weighted by Gasteiger charge is 2.24. The summed E-state index contributed by atoms with van der Waals surface area (Å²) in [6.07, 6.45) is 4.61. The van der Waals surface area contributed by atoms with Gasteiger partial charge >= 0.3 is 0 Å². The van der Waals surface area contributed by atoms with E-state index in [1.807, 2.05) is 18.2 Å². The number of nitrogens with two attached hydrogens (primary N) is 1. The van der Waals surface area contributed by atoms with Crippen LogP contribution in [0.5, 0.6) is 0 Å². The van der Waals surface area contributed by atoms with E-state index in [9.17, 15) is 10.1 Å². The standard InChI is InChI=1S/C17H17N3OS/c18-10-13-14(19)16(15(21)11-6-2-1-3-7-11)22-17(13)20-12-8-4-5-9-12/h1-3,6-7,12,20H,4-5,8-9,19H2. The highest BCUT2D eigenvalue weighted by Crippen LogP contribution is 2.38. The summed E-state index contributed by atoms with van der Waals surface area (Å²) in [6, 6.07) is 11.5. The second-order valence-electron chi connectivity index (χ2n) is 5.48. The maximum absolute atomic E-state index is 12.6. The highest BCUT2D eigenvalue weighted by atomic mass is 32.1. The number of hydrogen-bond donors (Lipinski definition) is 2. The smallest absolute Gasteiger partial charge is 0.205 e. The molecule has 1 fully saturated rings. The molecule has 3 N–H and O–H groups in total. The van der Waals surface area contributed by atoms with Gasteiger partial charge in [0.2, 0.25) is 5.78 Å². The maximum atomic E-state index is 12.6. The average Bonchev–Trinajstić information content (AvgIpc) is 3.16. The van der Waals surface area contributed by atoms with Crippen molar-refractivity contribution < 1.29 is 4.79 Å². The van der Waals surface area contributed by atoms with Crippen LogP contribution in [0.2, 0.25) is 0 Å². The summed E-state index contributed by atoms with van der Waals surface area (Å²) >= 11 is 1.29. The molecule has 0 spiro atoms. The van der Waals surface area contributed by atoms with Crippen molar-refractivity contribution in [1.29, 1.82) is 5.26 Å². The lowest BCUT2D eigenvalue weighted by molar-refractivity contribution is 0.104. The Kier molecular flexibility index (Phi) is 4.12. The number of ketones is 1. The number of nitrogens with one attached hydrogen (secondary N) is 1. The Labute approximate surface area is 133 Å². The molecule has 4 nitrogen and oxygen atoms in total. The molecule has 112 valence electrons. The molecule has 2 aromatic rings. The Balaban J connectivity index is 1.93. The van der Waals surface area contributed by atoms with E-state index in [1.54, 1.807) is 12.1 Å². The van der Waals surface area contributed by atoms with Gasteiger partial charge in [0.15, 0.2) is 0 Å². The second kappa shape index (κ2) is 6.20. The Morgan fingerprint density at radius 3 is 2.59 bits per heavy atom. The first-order valence-corrected chi connectivity index (χ1v) is 8.21. The summed E-state index contributed by atoms with van der Waals surface area (Å²) in [5, 5.41) is 13.5. The fourth-order valence-electron chi connectivity index (χ4n) is 2.80. The third-order valence-electron chi connectivity index (χ3n) is 3.99. The van der Waals surface area contributed by atoms with E-state index in [1.165, 1.54) is 24.2 Å². The van der Waals surface area contributed by atoms with Crippen molar-refractivity contribution >= 4 is 27.8 Å². The molecule has 0 saturated heterocycles. The topological polar surface area (TPSA) is 78.9 Å². The van der Waals surface area contributed by atoms with Crippen molar-refractivity contribution in [3.63, 3.8) is 0 Å². The molecule has 3 rings (SSSR count). The van der Waals surface area contributed by atoms with Crippen molar-refractivity contribution in [2.45, 2.75) is 31.7 Å². The number of thiophene rings is 1. The minimum Gasteiger partial charge on any atom is -0.396 e. The first-order valence-electron chi connectivity index (χ1n) is 7.39. The van der Waals surface area contributed by atoms with Crippen LogP contribution in [0, 0.1) is 11.3 Å². The summed E-state index contributed by atoms with van der Waals surface area (Å²) in [4.78, 5) is 13.0. The minimum absolute atomic E-state index is 0.126. The number of carbonyl (C=O) groups is 1. The number of nitrogens with zero attached hydrogens (tertiary/aromatic N) is 1. The van der Waals surface area contributed by atoms with Gasteiger partial charge in [0.05, 0.1) is 5.69 Å². The zero-order valence-electron chi connectivity index (χ0n) is 12.1. The zero-order chi connectivity index (χ0) is 15.5. The van der Waals surface area contributed by atoms with Crippen molar-refractivity contribution in [2.24, 2.45) is 0 Å². The predicted octanol–water partition coefficient (Wildman–Crippen LogP) is 3.79. The third kappa shape index (κ3) is 2.70. The number of hydrogen-bond acceptors (Lipinski definition) is 5. The van der Waals surface area contributed by atoms with Crippen molar-refractivity contribution in [3.05, 3.63) is 46.3 Å². The Hall–Kier alpha value is -2.32. The molecule has 1 aliphatic rings. The average molecular weight is 311 g/mol. The molecule has 0 amide bonds. The van der Waals surface area contributed by atoms with Gasteiger partial charge in [-0.25, -0.2) is 0 Å². The van der Waals surface area contributed by atoms with Crippen LogP contribution in [0.25, 0.3) is 0 Å². The van der Waals surface area contributed by atoms with Crippen LogP contribution in [0.15, 0.2) is 30.3 Å². The Morgan fingerprint density at radius 1 is 1.27 bits per heavy atom.